The van der Waals surface area contributed by atoms with E-state index >= 15 is 0 Å². The Morgan fingerprint density at radius 2 is 1.73 bits per heavy atom. The summed E-state index contributed by atoms with van der Waals surface area (Å²) in [6.07, 6.45) is 0.467. The van der Waals surface area contributed by atoms with Gasteiger partial charge in [-0.3, -0.25) is 14.5 Å². The van der Waals surface area contributed by atoms with Gasteiger partial charge in [0.05, 0.1) is 5.25 Å². The van der Waals surface area contributed by atoms with E-state index in [0.29, 0.717) is 17.8 Å². The molecule has 0 aliphatic carbocycles. The Kier molecular flexibility index (Phi) is 6.57. The van der Waals surface area contributed by atoms with Crippen LogP contribution in [0.25, 0.3) is 0 Å². The molecule has 1 aliphatic heterocycles. The van der Waals surface area contributed by atoms with Gasteiger partial charge in [0.2, 0.25) is 5.91 Å². The van der Waals surface area contributed by atoms with E-state index in [1.165, 1.54) is 40.9 Å². The van der Waals surface area contributed by atoms with Gasteiger partial charge in [-0.25, -0.2) is 4.39 Å². The fourth-order valence-corrected chi connectivity index (χ4v) is 4.78. The molecular weight excluding hydrogens is 437 g/mol. The topological polar surface area (TPSA) is 73.2 Å². The van der Waals surface area contributed by atoms with Crippen molar-refractivity contribution in [3.63, 3.8) is 0 Å². The molecule has 1 unspecified atom stereocenters. The summed E-state index contributed by atoms with van der Waals surface area (Å²) in [6, 6.07) is 24.2. The lowest BCUT2D eigenvalue weighted by atomic mass is 10.1. The third-order valence-corrected chi connectivity index (χ3v) is 6.43. The van der Waals surface area contributed by atoms with Crippen LogP contribution in [0.2, 0.25) is 0 Å². The number of aryl methyl sites for hydroxylation is 1. The van der Waals surface area contributed by atoms with E-state index in [1.54, 1.807) is 12.1 Å². The van der Waals surface area contributed by atoms with Crippen LogP contribution in [0.3, 0.4) is 0 Å². The number of nitriles is 1. The number of rotatable bonds is 5. The van der Waals surface area contributed by atoms with E-state index in [0.717, 1.165) is 11.1 Å². The smallest absolute Gasteiger partial charge is 0.269 e. The zero-order chi connectivity index (χ0) is 23.4. The van der Waals surface area contributed by atoms with Crippen molar-refractivity contribution in [3.05, 3.63) is 106 Å². The van der Waals surface area contributed by atoms with Gasteiger partial charge >= 0.3 is 0 Å². The number of nitrogens with zero attached hydrogens (tertiary/aromatic N) is 2. The van der Waals surface area contributed by atoms with Gasteiger partial charge in [0.15, 0.2) is 0 Å². The first-order valence-electron chi connectivity index (χ1n) is 10.3. The van der Waals surface area contributed by atoms with Crippen LogP contribution >= 0.6 is 11.8 Å². The summed E-state index contributed by atoms with van der Waals surface area (Å²) < 4.78 is 13.2. The van der Waals surface area contributed by atoms with E-state index in [1.807, 2.05) is 55.5 Å². The fourth-order valence-electron chi connectivity index (χ4n) is 3.47. The van der Waals surface area contributed by atoms with Crippen molar-refractivity contribution in [1.29, 1.82) is 5.26 Å². The summed E-state index contributed by atoms with van der Waals surface area (Å²) in [6.45, 7) is 1.94. The van der Waals surface area contributed by atoms with Crippen molar-refractivity contribution in [2.45, 2.75) is 18.6 Å². The Labute approximate surface area is 195 Å². The molecule has 1 atom stereocenters. The van der Waals surface area contributed by atoms with Gasteiger partial charge in [-0.2, -0.15) is 5.26 Å². The normalized spacial score (nSPS) is 16.9. The zero-order valence-corrected chi connectivity index (χ0v) is 18.6. The standard InChI is InChI=1S/C26H20FN3O2S/c1-17-7-13-21(14-8-17)30-25(32)23(15-18-5-3-2-4-6-18)33-26(30)22(16-28)24(31)29-20-11-9-19(27)10-12-20/h2-14,23H,15H2,1H3,(H,29,31)/b26-22+. The lowest BCUT2D eigenvalue weighted by Crippen LogP contribution is -2.30. The van der Waals surface area contributed by atoms with E-state index in [2.05, 4.69) is 5.32 Å². The maximum atomic E-state index is 13.4. The number of hydrogen-bond donors (Lipinski definition) is 1. The van der Waals surface area contributed by atoms with Gasteiger partial charge in [0.1, 0.15) is 22.5 Å². The summed E-state index contributed by atoms with van der Waals surface area (Å²) in [4.78, 5) is 27.9. The van der Waals surface area contributed by atoms with Crippen molar-refractivity contribution >= 4 is 35.0 Å². The minimum absolute atomic E-state index is 0.172. The third-order valence-electron chi connectivity index (χ3n) is 5.16. The van der Waals surface area contributed by atoms with Crippen LogP contribution in [-0.2, 0) is 16.0 Å². The van der Waals surface area contributed by atoms with Gasteiger partial charge < -0.3 is 5.32 Å². The highest BCUT2D eigenvalue weighted by Gasteiger charge is 2.40. The molecule has 0 bridgehead atoms. The quantitative estimate of drug-likeness (QED) is 0.422. The molecule has 0 aromatic heterocycles. The van der Waals surface area contributed by atoms with Gasteiger partial charge in [0, 0.05) is 11.4 Å². The van der Waals surface area contributed by atoms with Crippen LogP contribution in [0.5, 0.6) is 0 Å². The van der Waals surface area contributed by atoms with Crippen LogP contribution in [-0.4, -0.2) is 17.1 Å². The summed E-state index contributed by atoms with van der Waals surface area (Å²) in [5.74, 6) is -1.28. The Hall–Kier alpha value is -3.89. The van der Waals surface area contributed by atoms with Crippen molar-refractivity contribution in [2.75, 3.05) is 10.2 Å². The number of carbonyl (C=O) groups is 2. The van der Waals surface area contributed by atoms with E-state index < -0.39 is 17.0 Å². The summed E-state index contributed by atoms with van der Waals surface area (Å²) in [5, 5.41) is 12.3. The highest BCUT2D eigenvalue weighted by Crippen LogP contribution is 2.42. The predicted octanol–water partition coefficient (Wildman–Crippen LogP) is 5.20. The van der Waals surface area contributed by atoms with Crippen LogP contribution in [0.15, 0.2) is 89.5 Å². The molecule has 4 rings (SSSR count). The molecule has 164 valence electrons. The number of amides is 2. The monoisotopic (exact) mass is 457 g/mol. The molecule has 0 spiro atoms. The second kappa shape index (κ2) is 9.72. The number of nitrogens with one attached hydrogen (secondary N) is 1. The molecule has 0 radical (unpaired) electrons. The molecular formula is C26H20FN3O2S. The summed E-state index contributed by atoms with van der Waals surface area (Å²) in [5.41, 5.74) is 2.79. The average molecular weight is 458 g/mol. The van der Waals surface area contributed by atoms with Crippen molar-refractivity contribution in [2.24, 2.45) is 0 Å². The fraction of sp³-hybridized carbons (Fsp3) is 0.115. The largest absolute Gasteiger partial charge is 0.321 e. The first-order valence-corrected chi connectivity index (χ1v) is 11.2. The van der Waals surface area contributed by atoms with Crippen LogP contribution in [0.1, 0.15) is 11.1 Å². The van der Waals surface area contributed by atoms with Gasteiger partial charge in [-0.15, -0.1) is 0 Å². The van der Waals surface area contributed by atoms with Crippen molar-refractivity contribution in [3.8, 4) is 6.07 Å². The second-order valence-corrected chi connectivity index (χ2v) is 8.75. The van der Waals surface area contributed by atoms with Crippen LogP contribution < -0.4 is 10.2 Å². The molecule has 33 heavy (non-hydrogen) atoms. The minimum Gasteiger partial charge on any atom is -0.321 e. The Morgan fingerprint density at radius 1 is 1.06 bits per heavy atom. The predicted molar refractivity (Wildman–Crippen MR) is 128 cm³/mol. The maximum Gasteiger partial charge on any atom is 0.269 e. The summed E-state index contributed by atoms with van der Waals surface area (Å²) >= 11 is 1.21. The number of anilines is 2. The van der Waals surface area contributed by atoms with Gasteiger partial charge in [0.25, 0.3) is 5.91 Å². The van der Waals surface area contributed by atoms with E-state index in [4.69, 9.17) is 0 Å². The Bertz CT molecular complexity index is 1250. The lowest BCUT2D eigenvalue weighted by Gasteiger charge is -2.19. The van der Waals surface area contributed by atoms with Crippen LogP contribution in [0.4, 0.5) is 15.8 Å². The molecule has 3 aromatic rings. The van der Waals surface area contributed by atoms with Gasteiger partial charge in [-0.1, -0.05) is 59.8 Å². The molecule has 0 saturated carbocycles. The molecule has 1 N–H and O–H groups in total. The molecule has 1 heterocycles. The van der Waals surface area contributed by atoms with Crippen LogP contribution in [0, 0.1) is 24.1 Å². The van der Waals surface area contributed by atoms with E-state index in [-0.39, 0.29) is 16.5 Å². The first kappa shape index (κ1) is 22.3. The molecule has 2 amide bonds. The maximum absolute atomic E-state index is 13.4. The molecule has 1 saturated heterocycles. The Morgan fingerprint density at radius 3 is 2.36 bits per heavy atom. The molecule has 1 fully saturated rings. The number of carbonyl (C=O) groups excluding carboxylic acids is 2. The number of benzene rings is 3. The number of halogens is 1. The molecule has 3 aromatic carbocycles. The third kappa shape index (κ3) is 4.97. The summed E-state index contributed by atoms with van der Waals surface area (Å²) in [7, 11) is 0. The highest BCUT2D eigenvalue weighted by molar-refractivity contribution is 8.05. The van der Waals surface area contributed by atoms with Crippen molar-refractivity contribution in [1.82, 2.24) is 0 Å². The zero-order valence-electron chi connectivity index (χ0n) is 17.8. The molecule has 7 heteroatoms. The minimum atomic E-state index is -0.656. The molecule has 1 aliphatic rings. The number of hydrogen-bond acceptors (Lipinski definition) is 4. The van der Waals surface area contributed by atoms with E-state index in [9.17, 15) is 19.2 Å². The molecule has 5 nitrogen and oxygen atoms in total. The SMILES string of the molecule is Cc1ccc(N2C(=O)C(Cc3ccccc3)S/C2=C(\C#N)C(=O)Nc2ccc(F)cc2)cc1. The lowest BCUT2D eigenvalue weighted by molar-refractivity contribution is -0.117. The Balaban J connectivity index is 1.72. The van der Waals surface area contributed by atoms with Gasteiger partial charge in [-0.05, 0) is 55.3 Å². The first-order chi connectivity index (χ1) is 16.0. The second-order valence-electron chi connectivity index (χ2n) is 7.56. The highest BCUT2D eigenvalue weighted by atomic mass is 32.2. The number of thioether (sulfide) groups is 1. The average Bonchev–Trinajstić information content (AvgIpc) is 3.12. The van der Waals surface area contributed by atoms with Crippen molar-refractivity contribution < 1.29 is 14.0 Å².